The molecule has 0 radical (unpaired) electrons. The summed E-state index contributed by atoms with van der Waals surface area (Å²) >= 11 is 0. The van der Waals surface area contributed by atoms with Crippen LogP contribution in [0.2, 0.25) is 0 Å². The Morgan fingerprint density at radius 2 is 1.58 bits per heavy atom. The second kappa shape index (κ2) is 4.42. The molecule has 3 rings (SSSR count). The lowest BCUT2D eigenvalue weighted by molar-refractivity contribution is 0.571. The Kier molecular flexibility index (Phi) is 2.86. The molecule has 3 heteroatoms. The fourth-order valence-corrected chi connectivity index (χ4v) is 2.78. The molecule has 2 heterocycles. The smallest absolute Gasteiger partial charge is 0.138 e. The van der Waals surface area contributed by atoms with Crippen LogP contribution in [0, 0.1) is 20.8 Å². The molecule has 0 saturated carbocycles. The highest BCUT2D eigenvalue weighted by molar-refractivity contribution is 6.01. The first-order valence-electron chi connectivity index (χ1n) is 6.68. The van der Waals surface area contributed by atoms with Crippen LogP contribution in [0.4, 0.5) is 0 Å². The van der Waals surface area contributed by atoms with Gasteiger partial charge in [0, 0.05) is 21.9 Å². The van der Waals surface area contributed by atoms with Gasteiger partial charge in [-0.2, -0.15) is 0 Å². The summed E-state index contributed by atoms with van der Waals surface area (Å²) in [4.78, 5) is 0. The Morgan fingerprint density at radius 3 is 2.26 bits per heavy atom. The SMILES string of the molecule is CNCCc1c2cc(C)oc2c(C)c2cc(C)oc12. The maximum atomic E-state index is 5.92. The predicted molar refractivity (Wildman–Crippen MR) is 77.8 cm³/mol. The van der Waals surface area contributed by atoms with Gasteiger partial charge in [0.15, 0.2) is 0 Å². The van der Waals surface area contributed by atoms with E-state index in [0.29, 0.717) is 0 Å². The molecular weight excluding hydrogens is 238 g/mol. The van der Waals surface area contributed by atoms with E-state index in [1.165, 1.54) is 21.9 Å². The molecule has 2 aromatic heterocycles. The van der Waals surface area contributed by atoms with Crippen LogP contribution in [-0.4, -0.2) is 13.6 Å². The lowest BCUT2D eigenvalue weighted by Gasteiger charge is -2.06. The van der Waals surface area contributed by atoms with Crippen molar-refractivity contribution < 1.29 is 8.83 Å². The van der Waals surface area contributed by atoms with E-state index in [9.17, 15) is 0 Å². The van der Waals surface area contributed by atoms with Crippen molar-refractivity contribution in [2.45, 2.75) is 27.2 Å². The number of benzene rings is 1. The van der Waals surface area contributed by atoms with E-state index in [1.54, 1.807) is 0 Å². The molecule has 0 fully saturated rings. The van der Waals surface area contributed by atoms with Crippen LogP contribution in [0.1, 0.15) is 22.6 Å². The lowest BCUT2D eigenvalue weighted by atomic mass is 10.00. The number of rotatable bonds is 3. The standard InChI is InChI=1S/C16H19NO2/c1-9-7-13-11(3)15-14(8-10(2)18-15)12(5-6-17-4)16(13)19-9/h7-8,17H,5-6H2,1-4H3. The fraction of sp³-hybridized carbons (Fsp3) is 0.375. The predicted octanol–water partition coefficient (Wildman–Crippen LogP) is 3.87. The van der Waals surface area contributed by atoms with Gasteiger partial charge >= 0.3 is 0 Å². The van der Waals surface area contributed by atoms with Crippen LogP contribution < -0.4 is 5.32 Å². The van der Waals surface area contributed by atoms with Crippen molar-refractivity contribution >= 4 is 21.9 Å². The van der Waals surface area contributed by atoms with Crippen LogP contribution in [0.25, 0.3) is 21.9 Å². The summed E-state index contributed by atoms with van der Waals surface area (Å²) in [6, 6.07) is 4.22. The van der Waals surface area contributed by atoms with E-state index in [-0.39, 0.29) is 0 Å². The van der Waals surface area contributed by atoms with Crippen molar-refractivity contribution in [1.29, 1.82) is 0 Å². The lowest BCUT2D eigenvalue weighted by Crippen LogP contribution is -2.10. The zero-order chi connectivity index (χ0) is 13.6. The van der Waals surface area contributed by atoms with E-state index in [1.807, 2.05) is 20.9 Å². The molecule has 0 spiro atoms. The highest BCUT2D eigenvalue weighted by atomic mass is 16.3. The van der Waals surface area contributed by atoms with Gasteiger partial charge in [0.25, 0.3) is 0 Å². The number of furan rings is 2. The van der Waals surface area contributed by atoms with Crippen LogP contribution in [0.3, 0.4) is 0 Å². The molecule has 0 atom stereocenters. The average Bonchev–Trinajstić information content (AvgIpc) is 2.93. The summed E-state index contributed by atoms with van der Waals surface area (Å²) in [6.45, 7) is 7.02. The highest BCUT2D eigenvalue weighted by Crippen LogP contribution is 2.36. The van der Waals surface area contributed by atoms with E-state index < -0.39 is 0 Å². The number of nitrogens with one attached hydrogen (secondary N) is 1. The molecule has 0 aliphatic heterocycles. The molecule has 0 aliphatic rings. The first kappa shape index (κ1) is 12.3. The monoisotopic (exact) mass is 257 g/mol. The zero-order valence-electron chi connectivity index (χ0n) is 11.9. The second-order valence-electron chi connectivity index (χ2n) is 5.16. The summed E-state index contributed by atoms with van der Waals surface area (Å²) in [5.74, 6) is 1.90. The molecule has 0 unspecified atom stereocenters. The summed E-state index contributed by atoms with van der Waals surface area (Å²) in [5.41, 5.74) is 4.42. The number of hydrogen-bond acceptors (Lipinski definition) is 3. The first-order valence-corrected chi connectivity index (χ1v) is 6.68. The van der Waals surface area contributed by atoms with Gasteiger partial charge in [-0.3, -0.25) is 0 Å². The molecule has 19 heavy (non-hydrogen) atoms. The largest absolute Gasteiger partial charge is 0.461 e. The third kappa shape index (κ3) is 1.85. The van der Waals surface area contributed by atoms with E-state index >= 15 is 0 Å². The molecule has 3 nitrogen and oxygen atoms in total. The normalized spacial score (nSPS) is 11.8. The van der Waals surface area contributed by atoms with Crippen LogP contribution in [0.15, 0.2) is 21.0 Å². The molecule has 100 valence electrons. The molecular formula is C16H19NO2. The highest BCUT2D eigenvalue weighted by Gasteiger charge is 2.17. The average molecular weight is 257 g/mol. The van der Waals surface area contributed by atoms with Crippen molar-refractivity contribution in [2.75, 3.05) is 13.6 Å². The maximum absolute atomic E-state index is 5.92. The third-order valence-electron chi connectivity index (χ3n) is 3.68. The molecule has 1 N–H and O–H groups in total. The minimum Gasteiger partial charge on any atom is -0.461 e. The third-order valence-corrected chi connectivity index (χ3v) is 3.68. The van der Waals surface area contributed by atoms with Crippen molar-refractivity contribution in [3.8, 4) is 0 Å². The second-order valence-corrected chi connectivity index (χ2v) is 5.16. The van der Waals surface area contributed by atoms with Gasteiger partial charge in [-0.15, -0.1) is 0 Å². The minimum absolute atomic E-state index is 0.928. The Labute approximate surface area is 112 Å². The number of likely N-dealkylation sites (N-methyl/N-ethyl adjacent to an activating group) is 1. The molecule has 1 aromatic carbocycles. The summed E-state index contributed by atoms with van der Waals surface area (Å²) < 4.78 is 11.8. The maximum Gasteiger partial charge on any atom is 0.138 e. The number of aryl methyl sites for hydroxylation is 3. The van der Waals surface area contributed by atoms with Crippen molar-refractivity contribution in [2.24, 2.45) is 0 Å². The van der Waals surface area contributed by atoms with Crippen LogP contribution in [-0.2, 0) is 6.42 Å². The van der Waals surface area contributed by atoms with Crippen molar-refractivity contribution in [3.05, 3.63) is 34.8 Å². The van der Waals surface area contributed by atoms with Crippen LogP contribution >= 0.6 is 0 Å². The fourth-order valence-electron chi connectivity index (χ4n) is 2.78. The summed E-state index contributed by atoms with van der Waals surface area (Å²) in [6.07, 6.45) is 0.940. The minimum atomic E-state index is 0.928. The van der Waals surface area contributed by atoms with Crippen LogP contribution in [0.5, 0.6) is 0 Å². The number of hydrogen-bond donors (Lipinski definition) is 1. The van der Waals surface area contributed by atoms with Gasteiger partial charge in [-0.1, -0.05) is 0 Å². The molecule has 0 saturated heterocycles. The van der Waals surface area contributed by atoms with Crippen molar-refractivity contribution in [3.63, 3.8) is 0 Å². The Hall–Kier alpha value is -1.74. The number of fused-ring (bicyclic) bond motifs is 2. The zero-order valence-corrected chi connectivity index (χ0v) is 11.9. The molecule has 0 amide bonds. The molecule has 3 aromatic rings. The van der Waals surface area contributed by atoms with Gasteiger partial charge < -0.3 is 14.2 Å². The Balaban J connectivity index is 2.40. The Morgan fingerprint density at radius 1 is 0.947 bits per heavy atom. The first-order chi connectivity index (χ1) is 9.11. The van der Waals surface area contributed by atoms with Gasteiger partial charge in [-0.05, 0) is 52.9 Å². The van der Waals surface area contributed by atoms with Gasteiger partial charge in [0.2, 0.25) is 0 Å². The quantitative estimate of drug-likeness (QED) is 0.774. The Bertz CT molecular complexity index is 691. The van der Waals surface area contributed by atoms with Gasteiger partial charge in [0.1, 0.15) is 22.7 Å². The molecule has 0 bridgehead atoms. The topological polar surface area (TPSA) is 38.3 Å². The van der Waals surface area contributed by atoms with E-state index in [4.69, 9.17) is 8.83 Å². The summed E-state index contributed by atoms with van der Waals surface area (Å²) in [5, 5.41) is 5.56. The summed E-state index contributed by atoms with van der Waals surface area (Å²) in [7, 11) is 1.97. The van der Waals surface area contributed by atoms with E-state index in [2.05, 4.69) is 24.4 Å². The van der Waals surface area contributed by atoms with Crippen molar-refractivity contribution in [1.82, 2.24) is 5.32 Å². The van der Waals surface area contributed by atoms with E-state index in [0.717, 1.165) is 35.7 Å². The molecule has 0 aliphatic carbocycles. The van der Waals surface area contributed by atoms with Gasteiger partial charge in [-0.25, -0.2) is 0 Å². The van der Waals surface area contributed by atoms with Gasteiger partial charge in [0.05, 0.1) is 0 Å².